The van der Waals surface area contributed by atoms with E-state index in [1.165, 1.54) is 0 Å². The molecule has 0 heterocycles. The zero-order valence-corrected chi connectivity index (χ0v) is 10.2. The molecule has 1 aromatic carbocycles. The standard InChI is InChI=1S/C13H18O4/c1-3-16-11-7-5-10(6-8-13(14)15)9-12(11)17-4-2/h5,7,9H,3-4,6,8H2,1-2H3,(H,14,15). The molecule has 17 heavy (non-hydrogen) atoms. The summed E-state index contributed by atoms with van der Waals surface area (Å²) in [6.45, 7) is 4.95. The Kier molecular flexibility index (Phi) is 5.33. The second-order valence-corrected chi connectivity index (χ2v) is 3.54. The molecule has 0 fully saturated rings. The summed E-state index contributed by atoms with van der Waals surface area (Å²) in [5.74, 6) is 0.586. The minimum atomic E-state index is -0.795. The van der Waals surface area contributed by atoms with Gasteiger partial charge in [-0.1, -0.05) is 6.07 Å². The number of ether oxygens (including phenoxy) is 2. The molecule has 94 valence electrons. The van der Waals surface area contributed by atoms with Crippen LogP contribution in [0, 0.1) is 0 Å². The number of benzene rings is 1. The van der Waals surface area contributed by atoms with Gasteiger partial charge in [0, 0.05) is 6.42 Å². The first-order valence-corrected chi connectivity index (χ1v) is 5.77. The highest BCUT2D eigenvalue weighted by Gasteiger charge is 2.07. The highest BCUT2D eigenvalue weighted by Crippen LogP contribution is 2.28. The first kappa shape index (κ1) is 13.4. The van der Waals surface area contributed by atoms with Crippen molar-refractivity contribution in [2.24, 2.45) is 0 Å². The number of aliphatic carboxylic acids is 1. The van der Waals surface area contributed by atoms with Gasteiger partial charge < -0.3 is 14.6 Å². The van der Waals surface area contributed by atoms with E-state index in [2.05, 4.69) is 0 Å². The lowest BCUT2D eigenvalue weighted by Gasteiger charge is -2.12. The van der Waals surface area contributed by atoms with Gasteiger partial charge >= 0.3 is 5.97 Å². The monoisotopic (exact) mass is 238 g/mol. The molecule has 0 radical (unpaired) electrons. The maximum absolute atomic E-state index is 10.5. The van der Waals surface area contributed by atoms with Gasteiger partial charge in [0.1, 0.15) is 0 Å². The summed E-state index contributed by atoms with van der Waals surface area (Å²) in [7, 11) is 0. The van der Waals surface area contributed by atoms with Crippen LogP contribution in [0.4, 0.5) is 0 Å². The van der Waals surface area contributed by atoms with Gasteiger partial charge in [-0.05, 0) is 38.0 Å². The molecule has 0 saturated carbocycles. The average Bonchev–Trinajstić information content (AvgIpc) is 2.30. The molecule has 0 aliphatic heterocycles. The fraction of sp³-hybridized carbons (Fsp3) is 0.462. The lowest BCUT2D eigenvalue weighted by Crippen LogP contribution is -2.01. The van der Waals surface area contributed by atoms with Crippen LogP contribution in [0.1, 0.15) is 25.8 Å². The van der Waals surface area contributed by atoms with Gasteiger partial charge in [0.2, 0.25) is 0 Å². The summed E-state index contributed by atoms with van der Waals surface area (Å²) in [5.41, 5.74) is 0.944. The molecule has 4 heteroatoms. The SMILES string of the molecule is CCOc1ccc(CCC(=O)O)cc1OCC. The first-order chi connectivity index (χ1) is 8.17. The molecule has 0 amide bonds. The first-order valence-electron chi connectivity index (χ1n) is 5.77. The molecular weight excluding hydrogens is 220 g/mol. The summed E-state index contributed by atoms with van der Waals surface area (Å²) in [6, 6.07) is 5.54. The minimum Gasteiger partial charge on any atom is -0.490 e. The zero-order valence-electron chi connectivity index (χ0n) is 10.2. The molecule has 0 aliphatic rings. The Bertz CT molecular complexity index is 374. The molecule has 0 spiro atoms. The predicted molar refractivity (Wildman–Crippen MR) is 64.7 cm³/mol. The lowest BCUT2D eigenvalue weighted by atomic mass is 10.1. The molecule has 0 bridgehead atoms. The van der Waals surface area contributed by atoms with E-state index < -0.39 is 5.97 Å². The summed E-state index contributed by atoms with van der Waals surface area (Å²) in [4.78, 5) is 10.5. The third-order valence-corrected chi connectivity index (χ3v) is 2.24. The molecule has 0 atom stereocenters. The highest BCUT2D eigenvalue weighted by molar-refractivity contribution is 5.67. The van der Waals surface area contributed by atoms with Crippen molar-refractivity contribution in [3.8, 4) is 11.5 Å². The van der Waals surface area contributed by atoms with Crippen molar-refractivity contribution in [1.82, 2.24) is 0 Å². The third kappa shape index (κ3) is 4.34. The Morgan fingerprint density at radius 2 is 1.82 bits per heavy atom. The van der Waals surface area contributed by atoms with Gasteiger partial charge in [0.15, 0.2) is 11.5 Å². The van der Waals surface area contributed by atoms with E-state index in [0.717, 1.165) is 5.56 Å². The Morgan fingerprint density at radius 3 is 2.41 bits per heavy atom. The Hall–Kier alpha value is -1.71. The van der Waals surface area contributed by atoms with Gasteiger partial charge in [0.05, 0.1) is 13.2 Å². The maximum atomic E-state index is 10.5. The van der Waals surface area contributed by atoms with E-state index in [1.807, 2.05) is 32.0 Å². The number of carbonyl (C=O) groups is 1. The van der Waals surface area contributed by atoms with Crippen LogP contribution >= 0.6 is 0 Å². The Balaban J connectivity index is 2.80. The largest absolute Gasteiger partial charge is 0.490 e. The van der Waals surface area contributed by atoms with Gasteiger partial charge in [-0.25, -0.2) is 0 Å². The van der Waals surface area contributed by atoms with E-state index >= 15 is 0 Å². The van der Waals surface area contributed by atoms with Crippen LogP contribution in [0.25, 0.3) is 0 Å². The number of hydrogen-bond donors (Lipinski definition) is 1. The topological polar surface area (TPSA) is 55.8 Å². The molecule has 4 nitrogen and oxygen atoms in total. The fourth-order valence-electron chi connectivity index (χ4n) is 1.50. The second-order valence-electron chi connectivity index (χ2n) is 3.54. The highest BCUT2D eigenvalue weighted by atomic mass is 16.5. The molecular formula is C13H18O4. The van der Waals surface area contributed by atoms with E-state index in [0.29, 0.717) is 31.1 Å². The van der Waals surface area contributed by atoms with Crippen molar-refractivity contribution in [2.75, 3.05) is 13.2 Å². The number of carboxylic acids is 1. The van der Waals surface area contributed by atoms with Crippen LogP contribution in [0.2, 0.25) is 0 Å². The van der Waals surface area contributed by atoms with Gasteiger partial charge in [-0.2, -0.15) is 0 Å². The Labute approximate surface area is 101 Å². The van der Waals surface area contributed by atoms with E-state index in [9.17, 15) is 4.79 Å². The van der Waals surface area contributed by atoms with Crippen molar-refractivity contribution in [3.63, 3.8) is 0 Å². The molecule has 0 unspecified atom stereocenters. The number of carboxylic acid groups (broad SMARTS) is 1. The van der Waals surface area contributed by atoms with Crippen LogP contribution in [0.3, 0.4) is 0 Å². The smallest absolute Gasteiger partial charge is 0.303 e. The van der Waals surface area contributed by atoms with Gasteiger partial charge in [0.25, 0.3) is 0 Å². The molecule has 0 aromatic heterocycles. The number of hydrogen-bond acceptors (Lipinski definition) is 3. The third-order valence-electron chi connectivity index (χ3n) is 2.24. The normalized spacial score (nSPS) is 10.0. The van der Waals surface area contributed by atoms with Crippen LogP contribution < -0.4 is 9.47 Å². The summed E-state index contributed by atoms with van der Waals surface area (Å²) in [5, 5.41) is 8.63. The molecule has 1 rings (SSSR count). The second kappa shape index (κ2) is 6.78. The van der Waals surface area contributed by atoms with Crippen molar-refractivity contribution < 1.29 is 19.4 Å². The van der Waals surface area contributed by atoms with Crippen LogP contribution in [-0.2, 0) is 11.2 Å². The van der Waals surface area contributed by atoms with Crippen molar-refractivity contribution in [2.45, 2.75) is 26.7 Å². The van der Waals surface area contributed by atoms with Crippen LogP contribution in [0.15, 0.2) is 18.2 Å². The van der Waals surface area contributed by atoms with Gasteiger partial charge in [-0.3, -0.25) is 4.79 Å². The van der Waals surface area contributed by atoms with Crippen molar-refractivity contribution >= 4 is 5.97 Å². The van der Waals surface area contributed by atoms with E-state index in [4.69, 9.17) is 14.6 Å². The predicted octanol–water partition coefficient (Wildman–Crippen LogP) is 2.50. The summed E-state index contributed by atoms with van der Waals surface area (Å²) >= 11 is 0. The lowest BCUT2D eigenvalue weighted by molar-refractivity contribution is -0.136. The van der Waals surface area contributed by atoms with E-state index in [1.54, 1.807) is 0 Å². The summed E-state index contributed by atoms with van der Waals surface area (Å²) < 4.78 is 10.9. The van der Waals surface area contributed by atoms with Crippen molar-refractivity contribution in [1.29, 1.82) is 0 Å². The number of aryl methyl sites for hydroxylation is 1. The number of rotatable bonds is 7. The zero-order chi connectivity index (χ0) is 12.7. The van der Waals surface area contributed by atoms with Gasteiger partial charge in [-0.15, -0.1) is 0 Å². The molecule has 1 aromatic rings. The fourth-order valence-corrected chi connectivity index (χ4v) is 1.50. The van der Waals surface area contributed by atoms with Crippen LogP contribution in [0.5, 0.6) is 11.5 Å². The van der Waals surface area contributed by atoms with E-state index in [-0.39, 0.29) is 6.42 Å². The van der Waals surface area contributed by atoms with Crippen LogP contribution in [-0.4, -0.2) is 24.3 Å². The quantitative estimate of drug-likeness (QED) is 0.793. The molecule has 0 aliphatic carbocycles. The molecule has 0 saturated heterocycles. The van der Waals surface area contributed by atoms with Crippen molar-refractivity contribution in [3.05, 3.63) is 23.8 Å². The minimum absolute atomic E-state index is 0.125. The average molecular weight is 238 g/mol. The Morgan fingerprint density at radius 1 is 1.18 bits per heavy atom. The molecule has 1 N–H and O–H groups in total. The maximum Gasteiger partial charge on any atom is 0.303 e. The summed E-state index contributed by atoms with van der Waals surface area (Å²) in [6.07, 6.45) is 0.626.